The van der Waals surface area contributed by atoms with Gasteiger partial charge in [0.25, 0.3) is 11.8 Å². The molecule has 37 nitrogen and oxygen atoms in total. The van der Waals surface area contributed by atoms with Crippen LogP contribution in [0.25, 0.3) is 39.5 Å². The fourth-order valence-corrected chi connectivity index (χ4v) is 21.1. The predicted molar refractivity (Wildman–Crippen MR) is 480 cm³/mol. The smallest absolute Gasteiger partial charge is 0.417 e. The van der Waals surface area contributed by atoms with E-state index in [1.165, 1.54) is 40.0 Å². The Kier molecular flexibility index (Phi) is 25.1. The molecule has 1 aromatic carbocycles. The summed E-state index contributed by atoms with van der Waals surface area (Å²) < 4.78 is 46.3. The maximum Gasteiger partial charge on any atom is 0.417 e. The number of nitrogens with one attached hydrogen (secondary N) is 4. The van der Waals surface area contributed by atoms with Crippen LogP contribution in [0.15, 0.2) is 177 Å². The van der Waals surface area contributed by atoms with Crippen LogP contribution in [0.1, 0.15) is 133 Å². The van der Waals surface area contributed by atoms with Gasteiger partial charge in [0.2, 0.25) is 0 Å². The number of aliphatic hydroxyl groups is 3. The first kappa shape index (κ1) is 88.0. The molecule has 3 fully saturated rings. The quantitative estimate of drug-likeness (QED) is 0.0370. The number of rotatable bonds is 15. The number of carbonyl (C=O) groups is 5. The number of hydrogen-bond acceptors (Lipinski definition) is 31. The van der Waals surface area contributed by atoms with Gasteiger partial charge in [0.05, 0.1) is 101 Å². The third kappa shape index (κ3) is 19.6. The van der Waals surface area contributed by atoms with Crippen molar-refractivity contribution in [2.24, 2.45) is 0 Å². The van der Waals surface area contributed by atoms with E-state index in [4.69, 9.17) is 23.6 Å². The molecule has 3 saturated heterocycles. The van der Waals surface area contributed by atoms with Crippen LogP contribution in [0.5, 0.6) is 5.75 Å². The number of ether oxygens (including phenoxy) is 2. The zero-order valence-corrected chi connectivity index (χ0v) is 76.0. The molecule has 0 aliphatic carbocycles. The second kappa shape index (κ2) is 36.5. The van der Waals surface area contributed by atoms with E-state index in [9.17, 15) is 47.7 Å². The summed E-state index contributed by atoms with van der Waals surface area (Å²) >= 11 is -2.69. The van der Waals surface area contributed by atoms with Gasteiger partial charge in [0.15, 0.2) is 22.7 Å². The van der Waals surface area contributed by atoms with Gasteiger partial charge in [0, 0.05) is 111 Å². The van der Waals surface area contributed by atoms with Gasteiger partial charge < -0.3 is 50.0 Å². The summed E-state index contributed by atoms with van der Waals surface area (Å²) in [7, 11) is -3.88. The molecule has 0 radical (unpaired) electrons. The Morgan fingerprint density at radius 3 is 1.27 bits per heavy atom. The van der Waals surface area contributed by atoms with Crippen LogP contribution in [-0.2, 0) is 39.2 Å². The first-order valence-electron chi connectivity index (χ1n) is 42.0. The van der Waals surface area contributed by atoms with E-state index in [-0.39, 0.29) is 53.9 Å². The average Bonchev–Trinajstić information content (AvgIpc) is 1.60. The van der Waals surface area contributed by atoms with Crippen LogP contribution in [0, 0.1) is 6.92 Å². The summed E-state index contributed by atoms with van der Waals surface area (Å²) in [6, 6.07) is 23.1. The number of hydrogen-bond donors (Lipinski definition) is 7. The summed E-state index contributed by atoms with van der Waals surface area (Å²) in [6.45, 7) is 17.8. The van der Waals surface area contributed by atoms with Gasteiger partial charge in [-0.3, -0.25) is 19.6 Å². The molecule has 0 saturated carbocycles. The van der Waals surface area contributed by atoms with Crippen molar-refractivity contribution >= 4 is 131 Å². The van der Waals surface area contributed by atoms with Crippen molar-refractivity contribution in [1.82, 2.24) is 88.8 Å². The van der Waals surface area contributed by atoms with Crippen LogP contribution in [-0.4, -0.2) is 224 Å². The Morgan fingerprint density at radius 2 is 0.852 bits per heavy atom. The number of fused-ring (bicyclic) bond motifs is 6. The van der Waals surface area contributed by atoms with Crippen LogP contribution in [0.3, 0.4) is 0 Å². The number of aryl methyl sites for hydroxylation is 1. The molecule has 13 aromatic rings. The SMILES string of the molecule is CC(C)(C)OC(=O)N1Cc2[c]([Sn]([CH3])([CH3])[CH3])ncc(Nc3ccc(N4CCC(O)CC4)cn3)c2C1=O.CC(C)(C)OC(=O)N1Cc2c(-c3ccnn4ccnc34)ncc(Nc3ccc(N4CCC(O)CC4)cn3)c2C1=O.Cc1ccc(S(=O)(=O)Oc2ccnn3ccnc23)cc1.O=C1NCc2c(-c3ccnn4ccnc34)ncc(Nc3ccc(N4CCC(O)CC4)cn3)c21. The summed E-state index contributed by atoms with van der Waals surface area (Å²) in [4.78, 5) is 122. The van der Waals surface area contributed by atoms with Gasteiger partial charge >= 0.3 is 216 Å². The van der Waals surface area contributed by atoms with E-state index in [0.717, 1.165) is 126 Å². The average molecular weight is 1860 g/mol. The largest absolute Gasteiger partial charge is 0.443 e. The number of aromatic nitrogens is 15. The van der Waals surface area contributed by atoms with E-state index in [0.29, 0.717) is 97.2 Å². The molecule has 6 aliphatic heterocycles. The van der Waals surface area contributed by atoms with Gasteiger partial charge in [-0.2, -0.15) is 23.7 Å². The molecular formula is C89H98N24O13SSn. The minimum atomic E-state index is -3.88. The van der Waals surface area contributed by atoms with Gasteiger partial charge in [0.1, 0.15) is 22.1 Å². The maximum absolute atomic E-state index is 13.7. The van der Waals surface area contributed by atoms with Gasteiger partial charge in [-0.15, -0.1) is 0 Å². The van der Waals surface area contributed by atoms with Gasteiger partial charge in [-0.25, -0.2) is 48.2 Å². The van der Waals surface area contributed by atoms with Crippen LogP contribution < -0.4 is 43.9 Å². The molecule has 0 bridgehead atoms. The maximum atomic E-state index is 13.7. The predicted octanol–water partition coefficient (Wildman–Crippen LogP) is 11.3. The molecule has 662 valence electrons. The number of aliphatic hydroxyl groups excluding tert-OH is 3. The molecule has 18 heterocycles. The van der Waals surface area contributed by atoms with Crippen LogP contribution in [0.2, 0.25) is 14.8 Å². The number of amides is 5. The summed E-state index contributed by atoms with van der Waals surface area (Å²) in [5, 5.41) is 54.4. The summed E-state index contributed by atoms with van der Waals surface area (Å²) in [5.41, 5.74) is 12.1. The molecular weight excluding hydrogens is 1760 g/mol. The molecule has 128 heavy (non-hydrogen) atoms. The number of nitrogens with zero attached hydrogens (tertiary/aromatic N) is 20. The zero-order chi connectivity index (χ0) is 90.1. The van der Waals surface area contributed by atoms with Gasteiger partial charge in [-0.05, 0) is 102 Å². The van der Waals surface area contributed by atoms with E-state index in [1.807, 2.05) is 55.6 Å². The number of imidazole rings is 3. The minimum Gasteiger partial charge on any atom is -0.443 e. The molecule has 12 aromatic heterocycles. The molecule has 39 heteroatoms. The third-order valence-electron chi connectivity index (χ3n) is 22.1. The Morgan fingerprint density at radius 1 is 0.461 bits per heavy atom. The number of pyridine rings is 6. The van der Waals surface area contributed by atoms with E-state index >= 15 is 0 Å². The van der Waals surface area contributed by atoms with E-state index in [2.05, 4.69) is 101 Å². The Bertz CT molecular complexity index is 6440. The monoisotopic (exact) mass is 1860 g/mol. The Balaban J connectivity index is 0.000000128. The van der Waals surface area contributed by atoms with Crippen molar-refractivity contribution in [2.45, 2.75) is 156 Å². The number of benzene rings is 1. The molecule has 0 unspecified atom stereocenters. The Hall–Kier alpha value is -13.4. The summed E-state index contributed by atoms with van der Waals surface area (Å²) in [6.07, 6.45) is 27.5. The normalized spacial score (nSPS) is 15.6. The molecule has 5 amide bonds. The number of piperidine rings is 3. The second-order valence-corrected chi connectivity index (χ2v) is 50.4. The van der Waals surface area contributed by atoms with Crippen molar-refractivity contribution in [3.8, 4) is 28.3 Å². The molecule has 7 N–H and O–H groups in total. The second-order valence-electron chi connectivity index (χ2n) is 34.7. The van der Waals surface area contributed by atoms with Crippen molar-refractivity contribution in [3.05, 3.63) is 211 Å². The zero-order valence-electron chi connectivity index (χ0n) is 72.3. The molecule has 6 aliphatic rings. The topological polar surface area (TPSA) is 440 Å². The van der Waals surface area contributed by atoms with Crippen molar-refractivity contribution in [2.75, 3.05) is 69.9 Å². The molecule has 0 atom stereocenters. The van der Waals surface area contributed by atoms with Crippen LogP contribution >= 0.6 is 0 Å². The van der Waals surface area contributed by atoms with Crippen LogP contribution in [0.4, 0.5) is 61.2 Å². The first-order valence-corrected chi connectivity index (χ1v) is 53.4. The number of anilines is 9. The Labute approximate surface area is 741 Å². The van der Waals surface area contributed by atoms with E-state index in [1.54, 1.807) is 143 Å². The van der Waals surface area contributed by atoms with Crippen molar-refractivity contribution < 1.29 is 61.4 Å². The standard InChI is InChI=1S/C28H30N8O4.C23H22N8O2.C22H26N5O4.C13H11N3O3S.3CH3.Sn/c1-28(2,3)40-27(39)35-16-20-23(26(35)38)21(15-31-24(20)19-6-9-32-36-13-10-29-25(19)36)33-22-5-4-17(14-30-22)34-11-7-18(37)8-12-34;32-15-4-8-30(9-5-15)14-1-2-19(25-11-14)29-18-13-26-21(17-12-27-23(33)20(17)18)16-3-6-28-31-10-7-24-22(16)31;1-22(2,3)31-21(30)27-13-14-10-23-12-17(19(14)20(27)29)25-18-5-4-15(11-24-18)26-8-6-16(28)7-9-26;1-10-2-4-11(5-3-10)20(17,18)19-12-6-7-15-16-9-8-14-13(12)16;;;;/h4-6,9-10,13-15,18,37H,7-8,11-12,16H2,1-3H3,(H,30,33);1-3,6-7,10-11,13,15,32H,4-5,8-9,12H2,(H,25,29)(H,27,33);4-5,11-12,16,28H,6-9,13H2,1-3H3,(H,24,25);2-9H,1H3;3*1H3;. The number of imide groups is 2. The van der Waals surface area contributed by atoms with Crippen molar-refractivity contribution in [3.63, 3.8) is 0 Å². The fourth-order valence-electron chi connectivity index (χ4n) is 15.7. The third-order valence-corrected chi connectivity index (χ3v) is 28.6. The molecule has 19 rings (SSSR count). The van der Waals surface area contributed by atoms with E-state index < -0.39 is 57.8 Å². The summed E-state index contributed by atoms with van der Waals surface area (Å²) in [5.74, 6) is 0.892. The van der Waals surface area contributed by atoms with Gasteiger partial charge in [-0.1, -0.05) is 17.7 Å². The fraction of sp³-hybridized carbons (Fsp3) is 0.337. The first-order chi connectivity index (χ1) is 61.2. The minimum absolute atomic E-state index is 0.00328. The van der Waals surface area contributed by atoms with Crippen molar-refractivity contribution in [1.29, 1.82) is 0 Å². The molecule has 0 spiro atoms. The number of carbonyl (C=O) groups excluding carboxylic acids is 5.